The minimum Gasteiger partial charge on any atom is -0.297 e. The number of nitriles is 1. The van der Waals surface area contributed by atoms with Crippen molar-refractivity contribution >= 4 is 23.1 Å². The second-order valence-corrected chi connectivity index (χ2v) is 6.98. The minimum atomic E-state index is 0.581. The maximum Gasteiger partial charge on any atom is 0.191 e. The molecule has 1 aromatic carbocycles. The number of rotatable bonds is 7. The third-order valence-corrected chi connectivity index (χ3v) is 5.22. The van der Waals surface area contributed by atoms with Crippen molar-refractivity contribution in [2.24, 2.45) is 0 Å². The van der Waals surface area contributed by atoms with E-state index in [1.807, 2.05) is 24.3 Å². The fraction of sp³-hybridized carbons (Fsp3) is 0.235. The number of benzene rings is 1. The van der Waals surface area contributed by atoms with Crippen molar-refractivity contribution in [3.63, 3.8) is 0 Å². The van der Waals surface area contributed by atoms with E-state index in [9.17, 15) is 0 Å². The van der Waals surface area contributed by atoms with Crippen LogP contribution in [0.5, 0.6) is 0 Å². The van der Waals surface area contributed by atoms with Gasteiger partial charge in [-0.05, 0) is 23.4 Å². The SMILES string of the molecule is N#CCCCSc1nnc(-c2cccs2)n1Cc1ccccc1. The van der Waals surface area contributed by atoms with Crippen LogP contribution >= 0.6 is 23.1 Å². The van der Waals surface area contributed by atoms with Gasteiger partial charge in [0.15, 0.2) is 11.0 Å². The summed E-state index contributed by atoms with van der Waals surface area (Å²) in [5.74, 6) is 1.79. The Hall–Kier alpha value is -2.10. The standard InChI is InChI=1S/C17H16N4S2/c18-10-4-5-11-23-17-20-19-16(15-9-6-12-22-15)21(17)13-14-7-2-1-3-8-14/h1-3,6-9,12H,4-5,11,13H2. The lowest BCUT2D eigenvalue weighted by atomic mass is 10.2. The lowest BCUT2D eigenvalue weighted by Crippen LogP contribution is -2.03. The zero-order valence-corrected chi connectivity index (χ0v) is 14.2. The van der Waals surface area contributed by atoms with Crippen LogP contribution < -0.4 is 0 Å². The van der Waals surface area contributed by atoms with Crippen LogP contribution in [0.1, 0.15) is 18.4 Å². The zero-order chi connectivity index (χ0) is 15.9. The number of hydrogen-bond donors (Lipinski definition) is 0. The highest BCUT2D eigenvalue weighted by atomic mass is 32.2. The summed E-state index contributed by atoms with van der Waals surface area (Å²) in [4.78, 5) is 1.12. The molecule has 0 unspecified atom stereocenters. The molecule has 4 nitrogen and oxygen atoms in total. The van der Waals surface area contributed by atoms with Gasteiger partial charge in [0.25, 0.3) is 0 Å². The Morgan fingerprint density at radius 1 is 1.13 bits per heavy atom. The molecular formula is C17H16N4S2. The highest BCUT2D eigenvalue weighted by molar-refractivity contribution is 7.99. The summed E-state index contributed by atoms with van der Waals surface area (Å²) in [5, 5.41) is 20.4. The Bertz CT molecular complexity index is 773. The number of unbranched alkanes of at least 4 members (excludes halogenated alkanes) is 1. The molecule has 0 aliphatic heterocycles. The zero-order valence-electron chi connectivity index (χ0n) is 12.6. The van der Waals surface area contributed by atoms with E-state index in [2.05, 4.69) is 44.4 Å². The summed E-state index contributed by atoms with van der Waals surface area (Å²) in [7, 11) is 0. The van der Waals surface area contributed by atoms with Crippen LogP contribution in [0.3, 0.4) is 0 Å². The Kier molecular flexibility index (Phi) is 5.46. The van der Waals surface area contributed by atoms with Crippen molar-refractivity contribution in [3.05, 3.63) is 53.4 Å². The molecule has 0 aliphatic rings. The van der Waals surface area contributed by atoms with Gasteiger partial charge in [0.2, 0.25) is 0 Å². The third-order valence-electron chi connectivity index (χ3n) is 3.31. The normalized spacial score (nSPS) is 10.6. The molecule has 0 bridgehead atoms. The molecule has 2 aromatic heterocycles. The van der Waals surface area contributed by atoms with Crippen molar-refractivity contribution in [1.29, 1.82) is 5.26 Å². The highest BCUT2D eigenvalue weighted by Crippen LogP contribution is 2.28. The first-order chi connectivity index (χ1) is 11.4. The summed E-state index contributed by atoms with van der Waals surface area (Å²) < 4.78 is 2.16. The highest BCUT2D eigenvalue weighted by Gasteiger charge is 2.15. The van der Waals surface area contributed by atoms with Gasteiger partial charge in [-0.3, -0.25) is 4.57 Å². The predicted octanol–water partition coefficient (Wildman–Crippen LogP) is 4.45. The molecule has 0 atom stereocenters. The van der Waals surface area contributed by atoms with E-state index >= 15 is 0 Å². The third kappa shape index (κ3) is 4.01. The number of hydrogen-bond acceptors (Lipinski definition) is 5. The summed E-state index contributed by atoms with van der Waals surface area (Å²) >= 11 is 3.34. The molecule has 116 valence electrons. The van der Waals surface area contributed by atoms with E-state index in [0.717, 1.165) is 34.6 Å². The number of thioether (sulfide) groups is 1. The fourth-order valence-corrected chi connectivity index (χ4v) is 3.80. The van der Waals surface area contributed by atoms with Crippen LogP contribution in [0.25, 0.3) is 10.7 Å². The second-order valence-electron chi connectivity index (χ2n) is 4.97. The van der Waals surface area contributed by atoms with E-state index in [0.29, 0.717) is 6.42 Å². The van der Waals surface area contributed by atoms with Gasteiger partial charge in [-0.15, -0.1) is 21.5 Å². The Morgan fingerprint density at radius 2 is 2.00 bits per heavy atom. The molecule has 3 rings (SSSR count). The average Bonchev–Trinajstić information content (AvgIpc) is 3.23. The summed E-state index contributed by atoms with van der Waals surface area (Å²) in [5.41, 5.74) is 1.23. The first kappa shape index (κ1) is 15.8. The summed E-state index contributed by atoms with van der Waals surface area (Å²) in [6.07, 6.45) is 1.45. The minimum absolute atomic E-state index is 0.581. The maximum absolute atomic E-state index is 8.65. The summed E-state index contributed by atoms with van der Waals surface area (Å²) in [6.45, 7) is 0.752. The van der Waals surface area contributed by atoms with Gasteiger partial charge in [-0.1, -0.05) is 48.2 Å². The van der Waals surface area contributed by atoms with Crippen LogP contribution in [0.2, 0.25) is 0 Å². The van der Waals surface area contributed by atoms with Crippen LogP contribution in [0.4, 0.5) is 0 Å². The Labute approximate surface area is 143 Å². The van der Waals surface area contributed by atoms with Gasteiger partial charge in [0.05, 0.1) is 17.5 Å². The molecule has 0 fully saturated rings. The molecule has 6 heteroatoms. The van der Waals surface area contributed by atoms with Gasteiger partial charge in [-0.25, -0.2) is 0 Å². The van der Waals surface area contributed by atoms with Gasteiger partial charge in [0.1, 0.15) is 0 Å². The van der Waals surface area contributed by atoms with Crippen LogP contribution in [0.15, 0.2) is 53.0 Å². The van der Waals surface area contributed by atoms with Gasteiger partial charge >= 0.3 is 0 Å². The smallest absolute Gasteiger partial charge is 0.191 e. The van der Waals surface area contributed by atoms with Gasteiger partial charge in [-0.2, -0.15) is 5.26 Å². The van der Waals surface area contributed by atoms with Crippen molar-refractivity contribution < 1.29 is 0 Å². The van der Waals surface area contributed by atoms with E-state index in [1.165, 1.54) is 5.56 Å². The van der Waals surface area contributed by atoms with E-state index < -0.39 is 0 Å². The Balaban J connectivity index is 1.86. The molecule has 2 heterocycles. The molecule has 0 saturated heterocycles. The van der Waals surface area contributed by atoms with E-state index in [-0.39, 0.29) is 0 Å². The lowest BCUT2D eigenvalue weighted by molar-refractivity contribution is 0.715. The number of thiophene rings is 1. The average molecular weight is 340 g/mol. The molecule has 3 aromatic rings. The van der Waals surface area contributed by atoms with Crippen molar-refractivity contribution in [2.75, 3.05) is 5.75 Å². The lowest BCUT2D eigenvalue weighted by Gasteiger charge is -2.09. The molecule has 0 radical (unpaired) electrons. The molecule has 0 aliphatic carbocycles. The first-order valence-corrected chi connectivity index (χ1v) is 9.26. The second kappa shape index (κ2) is 7.95. The monoisotopic (exact) mass is 340 g/mol. The van der Waals surface area contributed by atoms with E-state index in [4.69, 9.17) is 5.26 Å². The van der Waals surface area contributed by atoms with Gasteiger partial charge < -0.3 is 0 Å². The van der Waals surface area contributed by atoms with Crippen molar-refractivity contribution in [2.45, 2.75) is 24.5 Å². The molecule has 23 heavy (non-hydrogen) atoms. The first-order valence-electron chi connectivity index (χ1n) is 7.39. The van der Waals surface area contributed by atoms with Crippen LogP contribution in [-0.4, -0.2) is 20.5 Å². The van der Waals surface area contributed by atoms with Crippen LogP contribution in [0, 0.1) is 11.3 Å². The quantitative estimate of drug-likeness (QED) is 0.471. The van der Waals surface area contributed by atoms with Gasteiger partial charge in [0, 0.05) is 12.2 Å². The summed E-state index contributed by atoms with van der Waals surface area (Å²) in [6, 6.07) is 16.6. The number of aromatic nitrogens is 3. The topological polar surface area (TPSA) is 54.5 Å². The predicted molar refractivity (Wildman–Crippen MR) is 94.5 cm³/mol. The van der Waals surface area contributed by atoms with Crippen molar-refractivity contribution in [3.8, 4) is 16.8 Å². The molecule has 0 amide bonds. The largest absolute Gasteiger partial charge is 0.297 e. The fourth-order valence-electron chi connectivity index (χ4n) is 2.21. The molecule has 0 N–H and O–H groups in total. The molecular weight excluding hydrogens is 324 g/mol. The Morgan fingerprint density at radius 3 is 2.74 bits per heavy atom. The molecule has 0 saturated carbocycles. The van der Waals surface area contributed by atoms with E-state index in [1.54, 1.807) is 23.1 Å². The number of nitrogens with zero attached hydrogens (tertiary/aromatic N) is 4. The van der Waals surface area contributed by atoms with Crippen LogP contribution in [-0.2, 0) is 6.54 Å². The maximum atomic E-state index is 8.65. The molecule has 0 spiro atoms. The van der Waals surface area contributed by atoms with Crippen molar-refractivity contribution in [1.82, 2.24) is 14.8 Å².